The van der Waals surface area contributed by atoms with Crippen molar-refractivity contribution < 1.29 is 17.9 Å². The molecule has 2 N–H and O–H groups in total. The van der Waals surface area contributed by atoms with E-state index in [2.05, 4.69) is 17.6 Å². The van der Waals surface area contributed by atoms with Crippen LogP contribution in [-0.4, -0.2) is 51.4 Å². The second-order valence-corrected chi connectivity index (χ2v) is 10.4. The van der Waals surface area contributed by atoms with Gasteiger partial charge in [0.05, 0.1) is 24.2 Å². The largest absolute Gasteiger partial charge is 0.495 e. The molecule has 1 saturated heterocycles. The molecule has 8 heteroatoms. The third-order valence-electron chi connectivity index (χ3n) is 6.27. The molecular weight excluding hydrogens is 402 g/mol. The topological polar surface area (TPSA) is 87.7 Å². The van der Waals surface area contributed by atoms with Crippen molar-refractivity contribution >= 4 is 21.6 Å². The Hall–Kier alpha value is -1.80. The summed E-state index contributed by atoms with van der Waals surface area (Å²) in [5.41, 5.74) is 0.514. The SMILES string of the molecule is COc1ccc(S(=O)(=O)N2CCCCCC2)cc1NCC(=O)NC1CCCCC1C. The summed E-state index contributed by atoms with van der Waals surface area (Å²) >= 11 is 0. The third-order valence-corrected chi connectivity index (χ3v) is 8.17. The molecule has 2 unspecified atom stereocenters. The van der Waals surface area contributed by atoms with Gasteiger partial charge in [-0.2, -0.15) is 4.31 Å². The second-order valence-electron chi connectivity index (χ2n) is 8.47. The van der Waals surface area contributed by atoms with E-state index in [0.29, 0.717) is 30.4 Å². The normalized spacial score (nSPS) is 23.4. The molecule has 168 valence electrons. The van der Waals surface area contributed by atoms with Crippen molar-refractivity contribution in [1.29, 1.82) is 0 Å². The van der Waals surface area contributed by atoms with E-state index >= 15 is 0 Å². The maximum absolute atomic E-state index is 13.1. The van der Waals surface area contributed by atoms with Crippen molar-refractivity contribution in [3.05, 3.63) is 18.2 Å². The molecule has 1 amide bonds. The van der Waals surface area contributed by atoms with Crippen molar-refractivity contribution in [1.82, 2.24) is 9.62 Å². The van der Waals surface area contributed by atoms with Crippen LogP contribution in [-0.2, 0) is 14.8 Å². The Morgan fingerprint density at radius 3 is 2.47 bits per heavy atom. The van der Waals surface area contributed by atoms with Crippen LogP contribution < -0.4 is 15.4 Å². The molecule has 7 nitrogen and oxygen atoms in total. The zero-order valence-corrected chi connectivity index (χ0v) is 19.0. The Labute approximate surface area is 180 Å². The summed E-state index contributed by atoms with van der Waals surface area (Å²) in [5, 5.41) is 6.19. The standard InChI is InChI=1S/C22H35N3O4S/c1-17-9-5-6-10-19(17)24-22(26)16-23-20-15-18(11-12-21(20)29-2)30(27,28)25-13-7-3-4-8-14-25/h11-12,15,17,19,23H,3-10,13-14,16H2,1-2H3,(H,24,26). The number of hydrogen-bond acceptors (Lipinski definition) is 5. The van der Waals surface area contributed by atoms with E-state index in [-0.39, 0.29) is 23.4 Å². The highest BCUT2D eigenvalue weighted by Gasteiger charge is 2.26. The quantitative estimate of drug-likeness (QED) is 0.683. The molecule has 2 fully saturated rings. The number of nitrogens with zero attached hydrogens (tertiary/aromatic N) is 1. The Balaban J connectivity index is 1.69. The van der Waals surface area contributed by atoms with Crippen LogP contribution in [0.3, 0.4) is 0 Å². The lowest BCUT2D eigenvalue weighted by Gasteiger charge is -2.29. The average molecular weight is 438 g/mol. The Bertz CT molecular complexity index is 820. The fourth-order valence-corrected chi connectivity index (χ4v) is 5.92. The number of amides is 1. The summed E-state index contributed by atoms with van der Waals surface area (Å²) in [6.07, 6.45) is 8.43. The van der Waals surface area contributed by atoms with Crippen LogP contribution in [0.2, 0.25) is 0 Å². The highest BCUT2D eigenvalue weighted by atomic mass is 32.2. The van der Waals surface area contributed by atoms with E-state index < -0.39 is 10.0 Å². The number of anilines is 1. The van der Waals surface area contributed by atoms with E-state index in [4.69, 9.17) is 4.74 Å². The van der Waals surface area contributed by atoms with Gasteiger partial charge in [0.15, 0.2) is 0 Å². The van der Waals surface area contributed by atoms with E-state index in [1.807, 2.05) is 0 Å². The zero-order chi connectivity index (χ0) is 21.6. The van der Waals surface area contributed by atoms with Crippen LogP contribution >= 0.6 is 0 Å². The molecule has 3 rings (SSSR count). The van der Waals surface area contributed by atoms with Crippen LogP contribution in [0.15, 0.2) is 23.1 Å². The molecular formula is C22H35N3O4S. The van der Waals surface area contributed by atoms with Gasteiger partial charge in [0.1, 0.15) is 5.75 Å². The minimum absolute atomic E-state index is 0.0762. The predicted octanol–water partition coefficient (Wildman–Crippen LogP) is 3.37. The Morgan fingerprint density at radius 1 is 1.10 bits per heavy atom. The summed E-state index contributed by atoms with van der Waals surface area (Å²) in [7, 11) is -2.03. The fourth-order valence-electron chi connectivity index (χ4n) is 4.38. The molecule has 30 heavy (non-hydrogen) atoms. The summed E-state index contributed by atoms with van der Waals surface area (Å²) in [6.45, 7) is 3.36. The van der Waals surface area contributed by atoms with Gasteiger partial charge in [-0.25, -0.2) is 8.42 Å². The van der Waals surface area contributed by atoms with Gasteiger partial charge in [-0.3, -0.25) is 4.79 Å². The second kappa shape index (κ2) is 10.5. The molecule has 2 aliphatic rings. The van der Waals surface area contributed by atoms with Crippen molar-refractivity contribution in [3.63, 3.8) is 0 Å². The monoisotopic (exact) mass is 437 g/mol. The maximum atomic E-state index is 13.1. The van der Waals surface area contributed by atoms with Gasteiger partial charge in [0.25, 0.3) is 0 Å². The van der Waals surface area contributed by atoms with Crippen LogP contribution in [0, 0.1) is 5.92 Å². The maximum Gasteiger partial charge on any atom is 0.243 e. The lowest BCUT2D eigenvalue weighted by Crippen LogP contribution is -2.43. The molecule has 1 aromatic carbocycles. The number of carbonyl (C=O) groups excluding carboxylic acids is 1. The first-order chi connectivity index (χ1) is 14.4. The Kier molecular flexibility index (Phi) is 7.99. The van der Waals surface area contributed by atoms with Crippen LogP contribution in [0.4, 0.5) is 5.69 Å². The minimum atomic E-state index is -3.56. The van der Waals surface area contributed by atoms with Gasteiger partial charge < -0.3 is 15.4 Å². The summed E-state index contributed by atoms with van der Waals surface area (Å²) in [4.78, 5) is 12.7. The van der Waals surface area contributed by atoms with Crippen molar-refractivity contribution in [2.75, 3.05) is 32.1 Å². The molecule has 1 heterocycles. The number of sulfonamides is 1. The lowest BCUT2D eigenvalue weighted by molar-refractivity contribution is -0.120. The molecule has 1 saturated carbocycles. The summed E-state index contributed by atoms with van der Waals surface area (Å²) in [5.74, 6) is 0.916. The lowest BCUT2D eigenvalue weighted by atomic mass is 9.86. The van der Waals surface area contributed by atoms with Crippen molar-refractivity contribution in [2.24, 2.45) is 5.92 Å². The number of ether oxygens (including phenoxy) is 1. The Morgan fingerprint density at radius 2 is 1.80 bits per heavy atom. The van der Waals surface area contributed by atoms with Gasteiger partial charge in [-0.05, 0) is 49.8 Å². The van der Waals surface area contributed by atoms with Crippen molar-refractivity contribution in [2.45, 2.75) is 69.2 Å². The van der Waals surface area contributed by atoms with Crippen LogP contribution in [0.5, 0.6) is 5.75 Å². The molecule has 0 aromatic heterocycles. The molecule has 0 spiro atoms. The van der Waals surface area contributed by atoms with Gasteiger partial charge in [-0.15, -0.1) is 0 Å². The number of carbonyl (C=O) groups is 1. The molecule has 1 aliphatic carbocycles. The van der Waals surface area contributed by atoms with Gasteiger partial charge in [-0.1, -0.05) is 32.6 Å². The van der Waals surface area contributed by atoms with Gasteiger partial charge in [0.2, 0.25) is 15.9 Å². The average Bonchev–Trinajstić information content (AvgIpc) is 3.04. The van der Waals surface area contributed by atoms with E-state index in [0.717, 1.165) is 44.9 Å². The first-order valence-electron chi connectivity index (χ1n) is 11.1. The minimum Gasteiger partial charge on any atom is -0.495 e. The predicted molar refractivity (Wildman–Crippen MR) is 118 cm³/mol. The number of methoxy groups -OCH3 is 1. The molecule has 1 aromatic rings. The van der Waals surface area contributed by atoms with E-state index in [9.17, 15) is 13.2 Å². The number of rotatable bonds is 7. The van der Waals surface area contributed by atoms with E-state index in [1.54, 1.807) is 22.5 Å². The van der Waals surface area contributed by atoms with Crippen LogP contribution in [0.25, 0.3) is 0 Å². The molecule has 0 radical (unpaired) electrons. The van der Waals surface area contributed by atoms with Gasteiger partial charge in [0, 0.05) is 19.1 Å². The first kappa shape index (κ1) is 22.9. The summed E-state index contributed by atoms with van der Waals surface area (Å²) in [6, 6.07) is 5.02. The number of nitrogens with one attached hydrogen (secondary N) is 2. The highest BCUT2D eigenvalue weighted by molar-refractivity contribution is 7.89. The molecule has 2 atom stereocenters. The van der Waals surface area contributed by atoms with Crippen molar-refractivity contribution in [3.8, 4) is 5.75 Å². The fraction of sp³-hybridized carbons (Fsp3) is 0.682. The highest BCUT2D eigenvalue weighted by Crippen LogP contribution is 2.30. The van der Waals surface area contributed by atoms with E-state index in [1.165, 1.54) is 13.5 Å². The molecule has 1 aliphatic heterocycles. The third kappa shape index (κ3) is 5.66. The first-order valence-corrected chi connectivity index (χ1v) is 12.6. The van der Waals surface area contributed by atoms with Crippen LogP contribution in [0.1, 0.15) is 58.3 Å². The smallest absolute Gasteiger partial charge is 0.243 e. The number of hydrogen-bond donors (Lipinski definition) is 2. The number of benzene rings is 1. The van der Waals surface area contributed by atoms with Gasteiger partial charge >= 0.3 is 0 Å². The molecule has 0 bridgehead atoms. The summed E-state index contributed by atoms with van der Waals surface area (Å²) < 4.78 is 33.2. The zero-order valence-electron chi connectivity index (χ0n) is 18.2.